The van der Waals surface area contributed by atoms with Gasteiger partial charge in [-0.15, -0.1) is 0 Å². The van der Waals surface area contributed by atoms with Crippen LogP contribution in [0.5, 0.6) is 0 Å². The summed E-state index contributed by atoms with van der Waals surface area (Å²) >= 11 is 0. The molecule has 3 atom stereocenters. The number of hydrogen-bond donors (Lipinski definition) is 1. The Morgan fingerprint density at radius 1 is 1.16 bits per heavy atom. The van der Waals surface area contributed by atoms with E-state index in [0.29, 0.717) is 49.1 Å². The first-order valence-corrected chi connectivity index (χ1v) is 10.8. The van der Waals surface area contributed by atoms with Crippen LogP contribution in [0.1, 0.15) is 27.2 Å². The second-order valence-corrected chi connectivity index (χ2v) is 9.02. The lowest BCUT2D eigenvalue weighted by Crippen LogP contribution is -2.57. The van der Waals surface area contributed by atoms with Gasteiger partial charge in [0.25, 0.3) is 6.43 Å². The predicted octanol–water partition coefficient (Wildman–Crippen LogP) is 2.62. The van der Waals surface area contributed by atoms with Crippen LogP contribution in [-0.4, -0.2) is 81.7 Å². The van der Waals surface area contributed by atoms with Gasteiger partial charge in [-0.1, -0.05) is 0 Å². The minimum Gasteiger partial charge on any atom is -0.368 e. The highest BCUT2D eigenvalue weighted by Gasteiger charge is 2.36. The van der Waals surface area contributed by atoms with Gasteiger partial charge in [-0.2, -0.15) is 4.98 Å². The van der Waals surface area contributed by atoms with Gasteiger partial charge in [0.2, 0.25) is 11.9 Å². The van der Waals surface area contributed by atoms with Gasteiger partial charge in [0.1, 0.15) is 11.5 Å². The van der Waals surface area contributed by atoms with Crippen LogP contribution in [-0.2, 0) is 0 Å². The number of piperazine rings is 1. The van der Waals surface area contributed by atoms with Crippen molar-refractivity contribution in [1.29, 1.82) is 0 Å². The number of anilines is 3. The van der Waals surface area contributed by atoms with Crippen molar-refractivity contribution in [2.45, 2.75) is 51.4 Å². The van der Waals surface area contributed by atoms with Crippen molar-refractivity contribution in [2.75, 3.05) is 48.3 Å². The maximum absolute atomic E-state index is 14.5. The Hall–Kier alpha value is -2.69. The van der Waals surface area contributed by atoms with Crippen molar-refractivity contribution in [2.24, 2.45) is 0 Å². The van der Waals surface area contributed by atoms with Crippen molar-refractivity contribution in [3.05, 3.63) is 18.5 Å². The van der Waals surface area contributed by atoms with Crippen LogP contribution in [0.2, 0.25) is 0 Å². The van der Waals surface area contributed by atoms with Crippen molar-refractivity contribution in [3.63, 3.8) is 0 Å². The summed E-state index contributed by atoms with van der Waals surface area (Å²) in [5.41, 5.74) is 5.60. The van der Waals surface area contributed by atoms with Crippen LogP contribution in [0.3, 0.4) is 0 Å². The number of nitrogens with two attached hydrogens (primary N) is 1. The zero-order valence-electron chi connectivity index (χ0n) is 18.5. The van der Waals surface area contributed by atoms with E-state index in [4.69, 9.17) is 10.7 Å². The lowest BCUT2D eigenvalue weighted by atomic mass is 10.1. The smallest absolute Gasteiger partial charge is 0.251 e. The molecule has 0 radical (unpaired) electrons. The van der Waals surface area contributed by atoms with E-state index in [9.17, 15) is 13.2 Å². The fraction of sp³-hybridized carbons (Fsp3) is 0.619. The largest absolute Gasteiger partial charge is 0.368 e. The van der Waals surface area contributed by atoms with Crippen molar-refractivity contribution < 1.29 is 13.2 Å². The Labute approximate surface area is 185 Å². The van der Waals surface area contributed by atoms with E-state index in [-0.39, 0.29) is 31.1 Å². The molecule has 2 aliphatic heterocycles. The number of halogens is 3. The van der Waals surface area contributed by atoms with Crippen molar-refractivity contribution >= 4 is 17.7 Å². The van der Waals surface area contributed by atoms with Gasteiger partial charge in [-0.25, -0.2) is 28.1 Å². The molecule has 8 nitrogen and oxygen atoms in total. The Morgan fingerprint density at radius 2 is 1.88 bits per heavy atom. The zero-order chi connectivity index (χ0) is 23.0. The van der Waals surface area contributed by atoms with E-state index >= 15 is 0 Å². The zero-order valence-corrected chi connectivity index (χ0v) is 18.5. The molecule has 2 aliphatic rings. The van der Waals surface area contributed by atoms with Gasteiger partial charge in [-0.3, -0.25) is 4.90 Å². The summed E-state index contributed by atoms with van der Waals surface area (Å²) in [7, 11) is 0. The van der Waals surface area contributed by atoms with E-state index in [1.807, 2.05) is 24.8 Å². The monoisotopic (exact) mass is 450 g/mol. The first-order valence-electron chi connectivity index (χ1n) is 10.8. The number of alkyl halides is 3. The summed E-state index contributed by atoms with van der Waals surface area (Å²) in [6.45, 7) is 7.04. The lowest BCUT2D eigenvalue weighted by Gasteiger charge is -2.44. The second-order valence-electron chi connectivity index (χ2n) is 9.02. The quantitative estimate of drug-likeness (QED) is 0.744. The molecule has 4 heterocycles. The summed E-state index contributed by atoms with van der Waals surface area (Å²) in [6, 6.07) is 1.74. The number of rotatable bonds is 5. The molecule has 2 N–H and O–H groups in total. The number of nitrogen functional groups attached to an aromatic ring is 1. The van der Waals surface area contributed by atoms with Gasteiger partial charge in [0.15, 0.2) is 0 Å². The summed E-state index contributed by atoms with van der Waals surface area (Å²) in [5, 5.41) is 0. The predicted molar refractivity (Wildman–Crippen MR) is 118 cm³/mol. The van der Waals surface area contributed by atoms with E-state index < -0.39 is 12.1 Å². The fourth-order valence-corrected chi connectivity index (χ4v) is 4.37. The Morgan fingerprint density at radius 3 is 2.50 bits per heavy atom. The molecule has 0 bridgehead atoms. The molecule has 2 fully saturated rings. The first-order chi connectivity index (χ1) is 15.1. The molecule has 32 heavy (non-hydrogen) atoms. The molecule has 4 rings (SSSR count). The molecule has 2 saturated heterocycles. The molecule has 0 unspecified atom stereocenters. The molecule has 0 aliphatic carbocycles. The van der Waals surface area contributed by atoms with Gasteiger partial charge in [-0.05, 0) is 20.8 Å². The van der Waals surface area contributed by atoms with E-state index in [1.54, 1.807) is 24.2 Å². The number of aromatic nitrogens is 4. The van der Waals surface area contributed by atoms with Crippen molar-refractivity contribution in [1.82, 2.24) is 24.8 Å². The summed E-state index contributed by atoms with van der Waals surface area (Å²) in [5.74, 6) is 1.27. The third kappa shape index (κ3) is 4.87. The minimum atomic E-state index is -2.37. The summed E-state index contributed by atoms with van der Waals surface area (Å²) in [4.78, 5) is 23.3. The van der Waals surface area contributed by atoms with Crippen LogP contribution in [0.25, 0.3) is 11.3 Å². The van der Waals surface area contributed by atoms with Crippen LogP contribution < -0.4 is 15.5 Å². The van der Waals surface area contributed by atoms with Gasteiger partial charge in [0, 0.05) is 62.2 Å². The Kier molecular flexibility index (Phi) is 6.11. The van der Waals surface area contributed by atoms with E-state index in [1.165, 1.54) is 0 Å². The number of hydrogen-bond acceptors (Lipinski definition) is 8. The van der Waals surface area contributed by atoms with Crippen LogP contribution in [0.4, 0.5) is 30.9 Å². The molecular formula is C21H29F3N8. The highest BCUT2D eigenvalue weighted by molar-refractivity contribution is 5.64. The highest BCUT2D eigenvalue weighted by atomic mass is 19.3. The molecule has 0 amide bonds. The minimum absolute atomic E-state index is 0.0340. The average Bonchev–Trinajstić information content (AvgIpc) is 3.10. The van der Waals surface area contributed by atoms with Crippen LogP contribution in [0.15, 0.2) is 18.5 Å². The molecule has 0 spiro atoms. The molecule has 11 heteroatoms. The van der Waals surface area contributed by atoms with Gasteiger partial charge < -0.3 is 15.5 Å². The molecule has 174 valence electrons. The fourth-order valence-electron chi connectivity index (χ4n) is 4.37. The molecular weight excluding hydrogens is 421 g/mol. The molecule has 0 saturated carbocycles. The highest BCUT2D eigenvalue weighted by Crippen LogP contribution is 2.32. The maximum Gasteiger partial charge on any atom is 0.251 e. The topological polar surface area (TPSA) is 87.3 Å². The SMILES string of the molecule is C[C@H]1CN(c2cc(-c3cnc(N)nc3)nc(N3CC[C@](C)(F)C3)n2)[C@@H](C)CN1CC(F)F. The summed E-state index contributed by atoms with van der Waals surface area (Å²) in [6.07, 6.45) is 1.22. The maximum atomic E-state index is 14.5. The van der Waals surface area contributed by atoms with Crippen LogP contribution in [0, 0.1) is 0 Å². The van der Waals surface area contributed by atoms with Gasteiger partial charge in [0.05, 0.1) is 18.8 Å². The number of nitrogens with zero attached hydrogens (tertiary/aromatic N) is 7. The molecule has 0 aromatic carbocycles. The van der Waals surface area contributed by atoms with E-state index in [0.717, 1.165) is 0 Å². The van der Waals surface area contributed by atoms with Crippen LogP contribution >= 0.6 is 0 Å². The van der Waals surface area contributed by atoms with Gasteiger partial charge >= 0.3 is 0 Å². The summed E-state index contributed by atoms with van der Waals surface area (Å²) < 4.78 is 40.5. The first kappa shape index (κ1) is 22.5. The van der Waals surface area contributed by atoms with E-state index in [2.05, 4.69) is 19.9 Å². The second kappa shape index (κ2) is 8.68. The molecule has 2 aromatic heterocycles. The normalized spacial score (nSPS) is 26.8. The Balaban J connectivity index is 1.68. The molecule has 2 aromatic rings. The van der Waals surface area contributed by atoms with Crippen molar-refractivity contribution in [3.8, 4) is 11.3 Å². The lowest BCUT2D eigenvalue weighted by molar-refractivity contribution is 0.0569. The third-order valence-electron chi connectivity index (χ3n) is 6.16. The average molecular weight is 451 g/mol. The Bertz CT molecular complexity index is 939. The third-order valence-corrected chi connectivity index (χ3v) is 6.16. The standard InChI is InChI=1S/C21H29F3N8/c1-13-10-32(14(2)9-31(13)11-17(22)23)18-6-16(15-7-26-19(25)27-8-15)28-20(29-18)30-5-4-21(3,24)12-30/h6-8,13-14,17H,4-5,9-12H2,1-3H3,(H2,25,26,27)/t13-,14-,21-/m0/s1.